The Kier molecular flexibility index (Phi) is 3.92. The summed E-state index contributed by atoms with van der Waals surface area (Å²) >= 11 is 3.55. The second-order valence-corrected chi connectivity index (χ2v) is 5.72. The molecular weight excluding hydrogens is 334 g/mol. The van der Waals surface area contributed by atoms with Crippen LogP contribution in [0, 0.1) is 6.92 Å². The molecule has 2 aromatic rings. The van der Waals surface area contributed by atoms with Crippen LogP contribution >= 0.6 is 15.9 Å². The van der Waals surface area contributed by atoms with Gasteiger partial charge in [-0.2, -0.15) is 0 Å². The molecule has 0 saturated heterocycles. The van der Waals surface area contributed by atoms with Crippen LogP contribution in [0.4, 0.5) is 5.69 Å². The Morgan fingerprint density at radius 2 is 2.10 bits per heavy atom. The van der Waals surface area contributed by atoms with Crippen LogP contribution in [0.2, 0.25) is 0 Å². The third kappa shape index (κ3) is 2.93. The maximum absolute atomic E-state index is 5.44. The molecule has 0 aliphatic carbocycles. The fourth-order valence-corrected chi connectivity index (χ4v) is 2.64. The Morgan fingerprint density at radius 3 is 2.90 bits per heavy atom. The topological polar surface area (TPSA) is 39.7 Å². The number of halogens is 1. The maximum atomic E-state index is 5.44. The second-order valence-electron chi connectivity index (χ2n) is 4.87. The minimum atomic E-state index is 0.242. The Labute approximate surface area is 132 Å². The number of fused-ring (bicyclic) bond motifs is 1. The average Bonchev–Trinajstić information content (AvgIpc) is 2.95. The molecule has 4 nitrogen and oxygen atoms in total. The molecule has 1 aliphatic heterocycles. The highest BCUT2D eigenvalue weighted by Crippen LogP contribution is 2.42. The second kappa shape index (κ2) is 5.85. The molecule has 0 radical (unpaired) electrons. The molecule has 1 N–H and O–H groups in total. The first-order valence-corrected chi connectivity index (χ1v) is 7.43. The van der Waals surface area contributed by atoms with Gasteiger partial charge in [-0.25, -0.2) is 0 Å². The summed E-state index contributed by atoms with van der Waals surface area (Å²) in [6, 6.07) is 10.1. The van der Waals surface area contributed by atoms with Crippen molar-refractivity contribution in [2.45, 2.75) is 13.5 Å². The molecule has 2 aromatic carbocycles. The lowest BCUT2D eigenvalue weighted by Crippen LogP contribution is -2.01. The monoisotopic (exact) mass is 349 g/mol. The van der Waals surface area contributed by atoms with Gasteiger partial charge in [0.2, 0.25) is 12.5 Å². The zero-order valence-corrected chi connectivity index (χ0v) is 13.5. The molecule has 0 aromatic heterocycles. The van der Waals surface area contributed by atoms with E-state index < -0.39 is 0 Å². The smallest absolute Gasteiger partial charge is 0.231 e. The summed E-state index contributed by atoms with van der Waals surface area (Å²) in [5, 5.41) is 3.41. The molecule has 0 saturated carbocycles. The van der Waals surface area contributed by atoms with Crippen molar-refractivity contribution >= 4 is 21.6 Å². The van der Waals surface area contributed by atoms with E-state index in [1.807, 2.05) is 18.2 Å². The van der Waals surface area contributed by atoms with E-state index in [1.54, 1.807) is 7.11 Å². The molecule has 0 amide bonds. The fourth-order valence-electron chi connectivity index (χ4n) is 2.26. The quantitative estimate of drug-likeness (QED) is 0.901. The van der Waals surface area contributed by atoms with Crippen LogP contribution in [0.1, 0.15) is 11.1 Å². The van der Waals surface area contributed by atoms with E-state index in [2.05, 4.69) is 40.3 Å². The number of hydrogen-bond donors (Lipinski definition) is 1. The van der Waals surface area contributed by atoms with Crippen LogP contribution in [0.15, 0.2) is 34.8 Å². The predicted molar refractivity (Wildman–Crippen MR) is 85.3 cm³/mol. The largest absolute Gasteiger partial charge is 0.493 e. The molecule has 0 fully saturated rings. The summed E-state index contributed by atoms with van der Waals surface area (Å²) in [6.07, 6.45) is 0. The minimum Gasteiger partial charge on any atom is -0.493 e. The number of hydrogen-bond acceptors (Lipinski definition) is 4. The van der Waals surface area contributed by atoms with E-state index in [4.69, 9.17) is 14.2 Å². The molecule has 0 spiro atoms. The van der Waals surface area contributed by atoms with Crippen LogP contribution in [-0.4, -0.2) is 13.9 Å². The van der Waals surface area contributed by atoms with Gasteiger partial charge in [0.15, 0.2) is 11.5 Å². The van der Waals surface area contributed by atoms with E-state index in [0.29, 0.717) is 18.0 Å². The van der Waals surface area contributed by atoms with Crippen molar-refractivity contribution in [1.29, 1.82) is 0 Å². The molecule has 0 bridgehead atoms. The van der Waals surface area contributed by atoms with Crippen LogP contribution in [0.5, 0.6) is 17.2 Å². The molecule has 110 valence electrons. The van der Waals surface area contributed by atoms with E-state index in [0.717, 1.165) is 21.5 Å². The fraction of sp³-hybridized carbons (Fsp3) is 0.250. The zero-order valence-electron chi connectivity index (χ0n) is 11.9. The molecule has 1 heterocycles. The van der Waals surface area contributed by atoms with Crippen molar-refractivity contribution in [1.82, 2.24) is 0 Å². The number of rotatable bonds is 4. The van der Waals surface area contributed by atoms with Gasteiger partial charge in [0.25, 0.3) is 0 Å². The molecule has 0 atom stereocenters. The predicted octanol–water partition coefficient (Wildman–Crippen LogP) is 4.11. The molecule has 0 unspecified atom stereocenters. The summed E-state index contributed by atoms with van der Waals surface area (Å²) < 4.78 is 17.2. The molecule has 21 heavy (non-hydrogen) atoms. The average molecular weight is 350 g/mol. The van der Waals surface area contributed by atoms with Gasteiger partial charge in [-0.3, -0.25) is 0 Å². The third-order valence-corrected chi connectivity index (χ3v) is 4.01. The lowest BCUT2D eigenvalue weighted by Gasteiger charge is -2.12. The first-order valence-electron chi connectivity index (χ1n) is 6.64. The number of ether oxygens (including phenoxy) is 3. The summed E-state index contributed by atoms with van der Waals surface area (Å²) in [4.78, 5) is 0. The van der Waals surface area contributed by atoms with Crippen LogP contribution in [0.25, 0.3) is 0 Å². The van der Waals surface area contributed by atoms with Crippen molar-refractivity contribution in [3.8, 4) is 17.2 Å². The Bertz CT molecular complexity index is 673. The first kappa shape index (κ1) is 14.1. The van der Waals surface area contributed by atoms with Crippen molar-refractivity contribution < 1.29 is 14.2 Å². The van der Waals surface area contributed by atoms with Gasteiger partial charge in [0.05, 0.1) is 7.11 Å². The normalized spacial score (nSPS) is 12.3. The highest BCUT2D eigenvalue weighted by atomic mass is 79.9. The molecule has 1 aliphatic rings. The minimum absolute atomic E-state index is 0.242. The van der Waals surface area contributed by atoms with Gasteiger partial charge in [-0.15, -0.1) is 0 Å². The molecule has 3 rings (SSSR count). The highest BCUT2D eigenvalue weighted by molar-refractivity contribution is 9.10. The third-order valence-electron chi connectivity index (χ3n) is 3.32. The van der Waals surface area contributed by atoms with Gasteiger partial charge in [0.1, 0.15) is 0 Å². The van der Waals surface area contributed by atoms with Gasteiger partial charge >= 0.3 is 0 Å². The summed E-state index contributed by atoms with van der Waals surface area (Å²) in [5.74, 6) is 2.11. The Morgan fingerprint density at radius 1 is 1.24 bits per heavy atom. The number of aryl methyl sites for hydroxylation is 1. The summed E-state index contributed by atoms with van der Waals surface area (Å²) in [5.41, 5.74) is 3.35. The van der Waals surface area contributed by atoms with Crippen molar-refractivity contribution in [3.05, 3.63) is 45.9 Å². The van der Waals surface area contributed by atoms with Crippen molar-refractivity contribution in [2.24, 2.45) is 0 Å². The number of anilines is 1. The van der Waals surface area contributed by atoms with E-state index in [-0.39, 0.29) is 6.79 Å². The van der Waals surface area contributed by atoms with Crippen LogP contribution in [-0.2, 0) is 6.54 Å². The Hall–Kier alpha value is -1.88. The van der Waals surface area contributed by atoms with Crippen LogP contribution < -0.4 is 19.5 Å². The number of nitrogens with one attached hydrogen (secondary N) is 1. The van der Waals surface area contributed by atoms with Gasteiger partial charge in [0, 0.05) is 16.7 Å². The van der Waals surface area contributed by atoms with Crippen molar-refractivity contribution in [3.63, 3.8) is 0 Å². The molecule has 5 heteroatoms. The summed E-state index contributed by atoms with van der Waals surface area (Å²) in [7, 11) is 1.63. The lowest BCUT2D eigenvalue weighted by atomic mass is 10.1. The van der Waals surface area contributed by atoms with Crippen molar-refractivity contribution in [2.75, 3.05) is 19.2 Å². The summed E-state index contributed by atoms with van der Waals surface area (Å²) in [6.45, 7) is 2.99. The first-order chi connectivity index (χ1) is 10.2. The van der Waals surface area contributed by atoms with E-state index >= 15 is 0 Å². The van der Waals surface area contributed by atoms with Gasteiger partial charge in [-0.05, 0) is 58.2 Å². The SMILES string of the molecule is COc1cc(CNc2cc(C)ccc2Br)cc2c1OCO2. The Balaban J connectivity index is 1.81. The van der Waals surface area contributed by atoms with Gasteiger partial charge < -0.3 is 19.5 Å². The number of methoxy groups -OCH3 is 1. The lowest BCUT2D eigenvalue weighted by molar-refractivity contribution is 0.171. The van der Waals surface area contributed by atoms with Crippen LogP contribution in [0.3, 0.4) is 0 Å². The van der Waals surface area contributed by atoms with Gasteiger partial charge in [-0.1, -0.05) is 6.07 Å². The van der Waals surface area contributed by atoms with E-state index in [9.17, 15) is 0 Å². The highest BCUT2D eigenvalue weighted by Gasteiger charge is 2.19. The standard InChI is InChI=1S/C16H16BrNO3/c1-10-3-4-12(17)13(5-10)18-8-11-6-14(19-2)16-15(7-11)20-9-21-16/h3-7,18H,8-9H2,1-2H3. The zero-order chi connectivity index (χ0) is 14.8. The maximum Gasteiger partial charge on any atom is 0.231 e. The number of benzene rings is 2. The molecular formula is C16H16BrNO3. The van der Waals surface area contributed by atoms with E-state index in [1.165, 1.54) is 5.56 Å².